The first kappa shape index (κ1) is 9.49. The van der Waals surface area contributed by atoms with Crippen LogP contribution in [-0.4, -0.2) is 14.5 Å². The fourth-order valence-electron chi connectivity index (χ4n) is 1.18. The summed E-state index contributed by atoms with van der Waals surface area (Å²) in [6.45, 7) is 0. The quantitative estimate of drug-likeness (QED) is 0.786. The van der Waals surface area contributed by atoms with Gasteiger partial charge in [0, 0.05) is 12.4 Å². The molecule has 5 nitrogen and oxygen atoms in total. The Morgan fingerprint density at radius 2 is 2.27 bits per heavy atom. The van der Waals surface area contributed by atoms with Crippen LogP contribution in [-0.2, 0) is 0 Å². The highest BCUT2D eigenvalue weighted by Crippen LogP contribution is 2.20. The highest BCUT2D eigenvalue weighted by Gasteiger charge is 2.09. The second-order valence-electron chi connectivity index (χ2n) is 2.81. The van der Waals surface area contributed by atoms with E-state index in [1.54, 1.807) is 12.3 Å². The number of hydrogen-bond acceptors (Lipinski definition) is 4. The summed E-state index contributed by atoms with van der Waals surface area (Å²) in [4.78, 5) is 7.89. The monoisotopic (exact) mass is 219 g/mol. The van der Waals surface area contributed by atoms with E-state index in [-0.39, 0.29) is 5.82 Å². The molecular formula is C9H6ClN5. The Morgan fingerprint density at radius 1 is 1.47 bits per heavy atom. The molecule has 0 aliphatic heterocycles. The van der Waals surface area contributed by atoms with Gasteiger partial charge in [0.1, 0.15) is 6.07 Å². The predicted molar refractivity (Wildman–Crippen MR) is 55.5 cm³/mol. The van der Waals surface area contributed by atoms with E-state index < -0.39 is 0 Å². The van der Waals surface area contributed by atoms with Gasteiger partial charge in [-0.05, 0) is 6.07 Å². The molecule has 0 aliphatic rings. The summed E-state index contributed by atoms with van der Waals surface area (Å²) in [6, 6.07) is 3.51. The van der Waals surface area contributed by atoms with Crippen molar-refractivity contribution in [3.63, 3.8) is 0 Å². The lowest BCUT2D eigenvalue weighted by atomic mass is 10.4. The topological polar surface area (TPSA) is 80.5 Å². The highest BCUT2D eigenvalue weighted by molar-refractivity contribution is 6.32. The Labute approximate surface area is 90.7 Å². The molecule has 15 heavy (non-hydrogen) atoms. The highest BCUT2D eigenvalue weighted by atomic mass is 35.5. The van der Waals surface area contributed by atoms with Crippen LogP contribution in [0.1, 0.15) is 5.82 Å². The molecule has 0 saturated carbocycles. The third kappa shape index (κ3) is 1.63. The van der Waals surface area contributed by atoms with Crippen LogP contribution in [0.5, 0.6) is 0 Å². The van der Waals surface area contributed by atoms with Crippen molar-refractivity contribution >= 4 is 17.3 Å². The summed E-state index contributed by atoms with van der Waals surface area (Å²) in [5, 5.41) is 9.16. The number of aromatic nitrogens is 3. The summed E-state index contributed by atoms with van der Waals surface area (Å²) in [5.41, 5.74) is 5.99. The van der Waals surface area contributed by atoms with Crippen LogP contribution in [0, 0.1) is 11.3 Å². The van der Waals surface area contributed by atoms with E-state index in [2.05, 4.69) is 9.97 Å². The van der Waals surface area contributed by atoms with Gasteiger partial charge in [-0.3, -0.25) is 4.57 Å². The minimum atomic E-state index is 0.231. The number of halogens is 1. The Balaban J connectivity index is 2.60. The van der Waals surface area contributed by atoms with Gasteiger partial charge in [-0.25, -0.2) is 9.97 Å². The molecule has 0 saturated heterocycles. The third-order valence-electron chi connectivity index (χ3n) is 1.81. The van der Waals surface area contributed by atoms with Gasteiger partial charge >= 0.3 is 0 Å². The largest absolute Gasteiger partial charge is 0.397 e. The van der Waals surface area contributed by atoms with Crippen molar-refractivity contribution < 1.29 is 0 Å². The van der Waals surface area contributed by atoms with Crippen LogP contribution < -0.4 is 5.73 Å². The van der Waals surface area contributed by atoms with Gasteiger partial charge in [0.25, 0.3) is 0 Å². The van der Waals surface area contributed by atoms with Crippen LogP contribution in [0.15, 0.2) is 24.7 Å². The fraction of sp³-hybridized carbons (Fsp3) is 0. The van der Waals surface area contributed by atoms with E-state index in [0.29, 0.717) is 16.5 Å². The summed E-state index contributed by atoms with van der Waals surface area (Å²) in [6.07, 6.45) is 4.60. The number of imidazole rings is 1. The van der Waals surface area contributed by atoms with Gasteiger partial charge in [0.05, 0.1) is 16.9 Å². The lowest BCUT2D eigenvalue weighted by Crippen LogP contribution is -2.01. The molecule has 0 spiro atoms. The molecule has 0 fully saturated rings. The lowest BCUT2D eigenvalue weighted by molar-refractivity contribution is 0.968. The molecule has 6 heteroatoms. The second kappa shape index (κ2) is 3.59. The molecule has 2 rings (SSSR count). The van der Waals surface area contributed by atoms with Crippen molar-refractivity contribution in [3.05, 3.63) is 35.5 Å². The second-order valence-corrected chi connectivity index (χ2v) is 3.21. The van der Waals surface area contributed by atoms with E-state index in [1.807, 2.05) is 6.07 Å². The molecule has 0 atom stereocenters. The molecule has 0 unspecified atom stereocenters. The van der Waals surface area contributed by atoms with Gasteiger partial charge in [0.15, 0.2) is 5.82 Å². The summed E-state index contributed by atoms with van der Waals surface area (Å²) in [7, 11) is 0. The van der Waals surface area contributed by atoms with E-state index in [4.69, 9.17) is 22.6 Å². The number of nitrogens with zero attached hydrogens (tertiary/aromatic N) is 4. The Kier molecular flexibility index (Phi) is 2.27. The van der Waals surface area contributed by atoms with Gasteiger partial charge in [-0.1, -0.05) is 11.6 Å². The number of hydrogen-bond donors (Lipinski definition) is 1. The van der Waals surface area contributed by atoms with E-state index in [9.17, 15) is 0 Å². The minimum Gasteiger partial charge on any atom is -0.397 e. The number of nitriles is 1. The third-order valence-corrected chi connectivity index (χ3v) is 2.09. The Morgan fingerprint density at radius 3 is 2.93 bits per heavy atom. The lowest BCUT2D eigenvalue weighted by Gasteiger charge is -2.05. The van der Waals surface area contributed by atoms with Gasteiger partial charge in [-0.15, -0.1) is 0 Å². The molecule has 74 valence electrons. The van der Waals surface area contributed by atoms with Crippen molar-refractivity contribution in [2.24, 2.45) is 0 Å². The first-order chi connectivity index (χ1) is 7.22. The van der Waals surface area contributed by atoms with Crippen molar-refractivity contribution in [2.75, 3.05) is 5.73 Å². The predicted octanol–water partition coefficient (Wildman–Crippen LogP) is 1.37. The van der Waals surface area contributed by atoms with Crippen LogP contribution in [0.2, 0.25) is 5.02 Å². The maximum atomic E-state index is 8.79. The van der Waals surface area contributed by atoms with Gasteiger partial charge in [0.2, 0.25) is 5.82 Å². The standard InChI is InChI=1S/C9H6ClN5/c10-7-3-6(12)5-14-9(7)15-2-1-13-8(15)4-11/h1-3,5H,12H2. The Hall–Kier alpha value is -2.06. The van der Waals surface area contributed by atoms with Crippen LogP contribution >= 0.6 is 11.6 Å². The molecule has 2 N–H and O–H groups in total. The van der Waals surface area contributed by atoms with Crippen LogP contribution in [0.25, 0.3) is 5.82 Å². The first-order valence-electron chi connectivity index (χ1n) is 4.07. The fourth-order valence-corrected chi connectivity index (χ4v) is 1.45. The zero-order valence-electron chi connectivity index (χ0n) is 7.55. The van der Waals surface area contributed by atoms with Crippen LogP contribution in [0.4, 0.5) is 5.69 Å². The molecule has 2 heterocycles. The molecule has 0 radical (unpaired) electrons. The maximum absolute atomic E-state index is 8.79. The maximum Gasteiger partial charge on any atom is 0.218 e. The average Bonchev–Trinajstić information content (AvgIpc) is 2.65. The van der Waals surface area contributed by atoms with Crippen molar-refractivity contribution in [3.8, 4) is 11.9 Å². The van der Waals surface area contributed by atoms with Crippen molar-refractivity contribution in [1.82, 2.24) is 14.5 Å². The number of nitrogens with two attached hydrogens (primary N) is 1. The molecule has 2 aromatic heterocycles. The van der Waals surface area contributed by atoms with E-state index >= 15 is 0 Å². The van der Waals surface area contributed by atoms with E-state index in [1.165, 1.54) is 17.0 Å². The number of anilines is 1. The Bertz CT molecular complexity index is 540. The molecule has 2 aromatic rings. The van der Waals surface area contributed by atoms with E-state index in [0.717, 1.165) is 0 Å². The smallest absolute Gasteiger partial charge is 0.218 e. The molecular weight excluding hydrogens is 214 g/mol. The number of rotatable bonds is 1. The zero-order valence-corrected chi connectivity index (χ0v) is 8.31. The molecule has 0 aromatic carbocycles. The SMILES string of the molecule is N#Cc1nccn1-c1ncc(N)cc1Cl. The van der Waals surface area contributed by atoms with Crippen molar-refractivity contribution in [2.45, 2.75) is 0 Å². The van der Waals surface area contributed by atoms with Gasteiger partial charge < -0.3 is 5.73 Å². The van der Waals surface area contributed by atoms with Gasteiger partial charge in [-0.2, -0.15) is 5.26 Å². The summed E-state index contributed by atoms with van der Waals surface area (Å²) < 4.78 is 1.50. The average molecular weight is 220 g/mol. The van der Waals surface area contributed by atoms with Crippen molar-refractivity contribution in [1.29, 1.82) is 5.26 Å². The number of pyridine rings is 1. The minimum absolute atomic E-state index is 0.231. The first-order valence-corrected chi connectivity index (χ1v) is 4.45. The zero-order chi connectivity index (χ0) is 10.8. The number of nitrogen functional groups attached to an aromatic ring is 1. The molecule has 0 aliphatic carbocycles. The normalized spacial score (nSPS) is 9.87. The van der Waals surface area contributed by atoms with Crippen LogP contribution in [0.3, 0.4) is 0 Å². The molecule has 0 bridgehead atoms. The summed E-state index contributed by atoms with van der Waals surface area (Å²) in [5.74, 6) is 0.675. The molecule has 0 amide bonds. The summed E-state index contributed by atoms with van der Waals surface area (Å²) >= 11 is 5.95.